The normalized spacial score (nSPS) is 23.2. The SMILES string of the molecule is CC(C)C(C)(C)NCC(=O)N1[C@H](C#N)CC[C@@H]1C#N. The van der Waals surface area contributed by atoms with Crippen molar-refractivity contribution in [2.24, 2.45) is 5.92 Å². The van der Waals surface area contributed by atoms with E-state index in [2.05, 4.69) is 31.3 Å². The summed E-state index contributed by atoms with van der Waals surface area (Å²) in [6, 6.07) is 3.30. The van der Waals surface area contributed by atoms with Gasteiger partial charge in [-0.1, -0.05) is 13.8 Å². The molecule has 0 saturated carbocycles. The summed E-state index contributed by atoms with van der Waals surface area (Å²) in [6.07, 6.45) is 1.18. The van der Waals surface area contributed by atoms with E-state index in [0.717, 1.165) is 0 Å². The van der Waals surface area contributed by atoms with Gasteiger partial charge in [0.2, 0.25) is 5.91 Å². The Morgan fingerprint density at radius 2 is 1.79 bits per heavy atom. The molecule has 5 heteroatoms. The number of carbonyl (C=O) groups is 1. The van der Waals surface area contributed by atoms with Crippen LogP contribution in [0.2, 0.25) is 0 Å². The van der Waals surface area contributed by atoms with E-state index in [9.17, 15) is 4.79 Å². The maximum atomic E-state index is 12.2. The van der Waals surface area contributed by atoms with Gasteiger partial charge in [-0.05, 0) is 32.6 Å². The summed E-state index contributed by atoms with van der Waals surface area (Å²) in [5.41, 5.74) is -0.153. The van der Waals surface area contributed by atoms with Gasteiger partial charge in [-0.15, -0.1) is 0 Å². The summed E-state index contributed by atoms with van der Waals surface area (Å²) in [7, 11) is 0. The highest BCUT2D eigenvalue weighted by Crippen LogP contribution is 2.23. The van der Waals surface area contributed by atoms with Crippen LogP contribution in [0.25, 0.3) is 0 Å². The molecule has 1 saturated heterocycles. The molecule has 19 heavy (non-hydrogen) atoms. The first-order valence-corrected chi connectivity index (χ1v) is 6.69. The summed E-state index contributed by atoms with van der Waals surface area (Å²) in [4.78, 5) is 13.6. The van der Waals surface area contributed by atoms with Crippen molar-refractivity contribution in [2.75, 3.05) is 6.54 Å². The average Bonchev–Trinajstić information content (AvgIpc) is 2.78. The molecule has 1 N–H and O–H groups in total. The Morgan fingerprint density at radius 1 is 1.32 bits per heavy atom. The van der Waals surface area contributed by atoms with Gasteiger partial charge < -0.3 is 10.2 Å². The third-order valence-electron chi connectivity index (χ3n) is 4.11. The highest BCUT2D eigenvalue weighted by atomic mass is 16.2. The molecule has 1 heterocycles. The molecule has 0 radical (unpaired) electrons. The Balaban J connectivity index is 2.67. The van der Waals surface area contributed by atoms with Crippen LogP contribution in [0.5, 0.6) is 0 Å². The summed E-state index contributed by atoms with van der Waals surface area (Å²) < 4.78 is 0. The minimum atomic E-state index is -0.457. The van der Waals surface area contributed by atoms with Crippen LogP contribution in [0.1, 0.15) is 40.5 Å². The molecule has 2 atom stereocenters. The number of nitrogens with zero attached hydrogens (tertiary/aromatic N) is 3. The van der Waals surface area contributed by atoms with Crippen molar-refractivity contribution >= 4 is 5.91 Å². The van der Waals surface area contributed by atoms with Gasteiger partial charge in [0.25, 0.3) is 0 Å². The van der Waals surface area contributed by atoms with Crippen molar-refractivity contribution in [1.82, 2.24) is 10.2 Å². The Hall–Kier alpha value is -1.59. The zero-order valence-corrected chi connectivity index (χ0v) is 12.1. The van der Waals surface area contributed by atoms with E-state index < -0.39 is 12.1 Å². The first-order valence-electron chi connectivity index (χ1n) is 6.69. The predicted molar refractivity (Wildman–Crippen MR) is 71.8 cm³/mol. The molecule has 0 aromatic heterocycles. The van der Waals surface area contributed by atoms with Gasteiger partial charge in [0.15, 0.2) is 0 Å². The summed E-state index contributed by atoms with van der Waals surface area (Å²) >= 11 is 0. The van der Waals surface area contributed by atoms with Crippen molar-refractivity contribution in [3.8, 4) is 12.1 Å². The molecular weight excluding hydrogens is 240 g/mol. The first kappa shape index (κ1) is 15.5. The Bertz CT molecular complexity index is 394. The highest BCUT2D eigenvalue weighted by Gasteiger charge is 2.37. The molecule has 104 valence electrons. The standard InChI is InChI=1S/C14H22N4O/c1-10(2)14(3,4)17-9-13(19)18-11(7-15)5-6-12(18)8-16/h10-12,17H,5-6,9H2,1-4H3/t11-,12+. The van der Waals surface area contributed by atoms with Crippen molar-refractivity contribution in [3.05, 3.63) is 0 Å². The summed E-state index contributed by atoms with van der Waals surface area (Å²) in [5, 5.41) is 21.3. The molecule has 1 aliphatic heterocycles. The molecule has 1 rings (SSSR count). The average molecular weight is 262 g/mol. The quantitative estimate of drug-likeness (QED) is 0.831. The maximum Gasteiger partial charge on any atom is 0.238 e. The van der Waals surface area contributed by atoms with Crippen LogP contribution in [0.4, 0.5) is 0 Å². The zero-order chi connectivity index (χ0) is 14.6. The van der Waals surface area contributed by atoms with Gasteiger partial charge in [-0.25, -0.2) is 0 Å². The van der Waals surface area contributed by atoms with E-state index in [1.165, 1.54) is 4.90 Å². The lowest BCUT2D eigenvalue weighted by molar-refractivity contribution is -0.131. The Labute approximate surface area is 115 Å². The molecule has 5 nitrogen and oxygen atoms in total. The summed E-state index contributed by atoms with van der Waals surface area (Å²) in [6.45, 7) is 8.42. The molecule has 0 aromatic carbocycles. The largest absolute Gasteiger partial charge is 0.310 e. The van der Waals surface area contributed by atoms with E-state index in [-0.39, 0.29) is 18.0 Å². The smallest absolute Gasteiger partial charge is 0.238 e. The Kier molecular flexibility index (Phi) is 4.91. The van der Waals surface area contributed by atoms with Crippen molar-refractivity contribution in [3.63, 3.8) is 0 Å². The van der Waals surface area contributed by atoms with Crippen LogP contribution in [0.3, 0.4) is 0 Å². The fourth-order valence-electron chi connectivity index (χ4n) is 2.01. The van der Waals surface area contributed by atoms with E-state index in [1.807, 2.05) is 13.8 Å². The van der Waals surface area contributed by atoms with Crippen LogP contribution in [-0.4, -0.2) is 35.0 Å². The van der Waals surface area contributed by atoms with Crippen LogP contribution < -0.4 is 5.32 Å². The number of nitrogens with one attached hydrogen (secondary N) is 1. The van der Waals surface area contributed by atoms with E-state index in [0.29, 0.717) is 18.8 Å². The molecular formula is C14H22N4O. The molecule has 0 bridgehead atoms. The summed E-state index contributed by atoms with van der Waals surface area (Å²) in [5.74, 6) is 0.224. The second kappa shape index (κ2) is 6.04. The fraction of sp³-hybridized carbons (Fsp3) is 0.786. The number of nitriles is 2. The Morgan fingerprint density at radius 3 is 2.16 bits per heavy atom. The monoisotopic (exact) mass is 262 g/mol. The van der Waals surface area contributed by atoms with Gasteiger partial charge in [-0.3, -0.25) is 4.79 Å². The van der Waals surface area contributed by atoms with Gasteiger partial charge in [0.1, 0.15) is 12.1 Å². The fourth-order valence-corrected chi connectivity index (χ4v) is 2.01. The lowest BCUT2D eigenvalue weighted by Crippen LogP contribution is -2.51. The van der Waals surface area contributed by atoms with Crippen molar-refractivity contribution < 1.29 is 4.79 Å². The number of carbonyl (C=O) groups excluding carboxylic acids is 1. The number of rotatable bonds is 4. The molecule has 1 amide bonds. The minimum absolute atomic E-state index is 0.153. The molecule has 0 aromatic rings. The van der Waals surface area contributed by atoms with E-state index in [4.69, 9.17) is 10.5 Å². The third kappa shape index (κ3) is 3.45. The van der Waals surface area contributed by atoms with Crippen LogP contribution in [-0.2, 0) is 4.79 Å². The van der Waals surface area contributed by atoms with Crippen molar-refractivity contribution in [1.29, 1.82) is 10.5 Å². The number of likely N-dealkylation sites (tertiary alicyclic amines) is 1. The lowest BCUT2D eigenvalue weighted by Gasteiger charge is -2.32. The van der Waals surface area contributed by atoms with Gasteiger partial charge >= 0.3 is 0 Å². The first-order chi connectivity index (χ1) is 8.83. The van der Waals surface area contributed by atoms with Gasteiger partial charge in [-0.2, -0.15) is 10.5 Å². The maximum absolute atomic E-state index is 12.2. The zero-order valence-electron chi connectivity index (χ0n) is 12.1. The van der Waals surface area contributed by atoms with Crippen LogP contribution in [0, 0.1) is 28.6 Å². The van der Waals surface area contributed by atoms with Gasteiger partial charge in [0, 0.05) is 5.54 Å². The highest BCUT2D eigenvalue weighted by molar-refractivity contribution is 5.80. The third-order valence-corrected chi connectivity index (χ3v) is 4.11. The lowest BCUT2D eigenvalue weighted by atomic mass is 9.91. The molecule has 1 fully saturated rings. The van der Waals surface area contributed by atoms with Gasteiger partial charge in [0.05, 0.1) is 18.7 Å². The van der Waals surface area contributed by atoms with Crippen molar-refractivity contribution in [2.45, 2.75) is 58.2 Å². The van der Waals surface area contributed by atoms with Crippen LogP contribution >= 0.6 is 0 Å². The minimum Gasteiger partial charge on any atom is -0.310 e. The van der Waals surface area contributed by atoms with Crippen LogP contribution in [0.15, 0.2) is 0 Å². The molecule has 0 spiro atoms. The van der Waals surface area contributed by atoms with E-state index >= 15 is 0 Å². The topological polar surface area (TPSA) is 79.9 Å². The molecule has 1 aliphatic rings. The second-order valence-corrected chi connectivity index (χ2v) is 5.90. The molecule has 0 unspecified atom stereocenters. The predicted octanol–water partition coefficient (Wildman–Crippen LogP) is 1.42. The second-order valence-electron chi connectivity index (χ2n) is 5.90. The number of amides is 1. The van der Waals surface area contributed by atoms with E-state index in [1.54, 1.807) is 0 Å². The number of hydrogen-bond acceptors (Lipinski definition) is 4. The number of hydrogen-bond donors (Lipinski definition) is 1. The molecule has 0 aliphatic carbocycles.